The van der Waals surface area contributed by atoms with Gasteiger partial charge in [0, 0.05) is 48.2 Å². The van der Waals surface area contributed by atoms with Crippen molar-refractivity contribution in [1.82, 2.24) is 14.7 Å². The molecule has 0 aromatic heterocycles. The van der Waals surface area contributed by atoms with Crippen LogP contribution in [0, 0.1) is 10.7 Å². The van der Waals surface area contributed by atoms with Gasteiger partial charge in [-0.25, -0.2) is 0 Å². The van der Waals surface area contributed by atoms with Crippen LogP contribution in [-0.4, -0.2) is 52.7 Å². The Hall–Kier alpha value is -2.79. The SMILES string of the molecule is N#CSc1cccc(CN2CCC3=C(C2)C(=O)N(Cc2ccc(Cl)cc2)C2=NCCN23)c1. The molecule has 0 saturated carbocycles. The summed E-state index contributed by atoms with van der Waals surface area (Å²) in [5, 5.41) is 11.8. The number of rotatable bonds is 5. The molecule has 0 unspecified atom stereocenters. The number of fused-ring (bicyclic) bond motifs is 2. The van der Waals surface area contributed by atoms with E-state index in [9.17, 15) is 4.79 Å². The molecule has 162 valence electrons. The molecule has 2 aromatic carbocycles. The van der Waals surface area contributed by atoms with Crippen LogP contribution in [0.25, 0.3) is 0 Å². The second-order valence-corrected chi connectivity index (χ2v) is 9.37. The topological polar surface area (TPSA) is 62.9 Å². The fourth-order valence-electron chi connectivity index (χ4n) is 4.54. The summed E-state index contributed by atoms with van der Waals surface area (Å²) in [6, 6.07) is 15.7. The summed E-state index contributed by atoms with van der Waals surface area (Å²) in [7, 11) is 0. The Kier molecular flexibility index (Phi) is 5.92. The number of carbonyl (C=O) groups is 1. The number of aliphatic imine (C=N–C) groups is 1. The summed E-state index contributed by atoms with van der Waals surface area (Å²) in [5.41, 5.74) is 4.18. The van der Waals surface area contributed by atoms with Crippen molar-refractivity contribution in [2.75, 3.05) is 26.2 Å². The third kappa shape index (κ3) is 4.14. The number of thiocyanates is 1. The average molecular weight is 464 g/mol. The Morgan fingerprint density at radius 1 is 1.09 bits per heavy atom. The largest absolute Gasteiger partial charge is 0.314 e. The first-order valence-corrected chi connectivity index (χ1v) is 11.8. The van der Waals surface area contributed by atoms with Crippen LogP contribution in [0.3, 0.4) is 0 Å². The number of amides is 1. The predicted molar refractivity (Wildman–Crippen MR) is 126 cm³/mol. The Balaban J connectivity index is 1.37. The van der Waals surface area contributed by atoms with Gasteiger partial charge in [0.1, 0.15) is 5.40 Å². The van der Waals surface area contributed by atoms with Gasteiger partial charge in [-0.05, 0) is 47.2 Å². The second-order valence-electron chi connectivity index (χ2n) is 8.08. The quantitative estimate of drug-likeness (QED) is 0.493. The van der Waals surface area contributed by atoms with Crippen LogP contribution in [0.2, 0.25) is 5.02 Å². The van der Waals surface area contributed by atoms with Gasteiger partial charge in [-0.2, -0.15) is 5.26 Å². The zero-order chi connectivity index (χ0) is 22.1. The van der Waals surface area contributed by atoms with Crippen LogP contribution < -0.4 is 0 Å². The number of hydrogen-bond donors (Lipinski definition) is 0. The monoisotopic (exact) mass is 463 g/mol. The minimum Gasteiger partial charge on any atom is -0.314 e. The molecule has 5 rings (SSSR count). The molecular formula is C24H22ClN5OS. The molecule has 0 atom stereocenters. The van der Waals surface area contributed by atoms with E-state index in [4.69, 9.17) is 16.9 Å². The van der Waals surface area contributed by atoms with E-state index in [0.29, 0.717) is 24.7 Å². The van der Waals surface area contributed by atoms with Gasteiger partial charge in [-0.3, -0.25) is 19.6 Å². The molecule has 32 heavy (non-hydrogen) atoms. The lowest BCUT2D eigenvalue weighted by molar-refractivity contribution is -0.125. The molecule has 2 aromatic rings. The highest BCUT2D eigenvalue weighted by atomic mass is 35.5. The number of benzene rings is 2. The summed E-state index contributed by atoms with van der Waals surface area (Å²) >= 11 is 7.20. The summed E-state index contributed by atoms with van der Waals surface area (Å²) in [6.07, 6.45) is 0.835. The number of nitriles is 1. The van der Waals surface area contributed by atoms with Crippen LogP contribution >= 0.6 is 23.4 Å². The molecule has 0 spiro atoms. The molecule has 6 nitrogen and oxygen atoms in total. The van der Waals surface area contributed by atoms with Crippen molar-refractivity contribution in [1.29, 1.82) is 5.26 Å². The normalized spacial score (nSPS) is 18.4. The van der Waals surface area contributed by atoms with E-state index in [1.165, 1.54) is 11.8 Å². The first-order valence-electron chi connectivity index (χ1n) is 10.6. The number of guanidine groups is 1. The van der Waals surface area contributed by atoms with Crippen LogP contribution in [0.5, 0.6) is 0 Å². The van der Waals surface area contributed by atoms with Crippen molar-refractivity contribution in [2.24, 2.45) is 4.99 Å². The standard InChI is InChI=1S/C24H22ClN5OS/c25-19-6-4-17(5-7-19)14-30-23(31)21-15-28(10-8-22(21)29-11-9-27-24(29)30)13-18-2-1-3-20(12-18)32-16-26/h1-7,12H,8-11,13-15H2. The van der Waals surface area contributed by atoms with Gasteiger partial charge in [0.25, 0.3) is 5.91 Å². The minimum absolute atomic E-state index is 0.0466. The van der Waals surface area contributed by atoms with E-state index < -0.39 is 0 Å². The van der Waals surface area contributed by atoms with Crippen LogP contribution in [0.4, 0.5) is 0 Å². The zero-order valence-electron chi connectivity index (χ0n) is 17.5. The predicted octanol–water partition coefficient (Wildman–Crippen LogP) is 4.09. The van der Waals surface area contributed by atoms with E-state index in [1.54, 1.807) is 0 Å². The summed E-state index contributed by atoms with van der Waals surface area (Å²) in [6.45, 7) is 4.28. The zero-order valence-corrected chi connectivity index (χ0v) is 19.1. The lowest BCUT2D eigenvalue weighted by atomic mass is 10.00. The van der Waals surface area contributed by atoms with Gasteiger partial charge in [0.05, 0.1) is 18.7 Å². The molecule has 0 bridgehead atoms. The van der Waals surface area contributed by atoms with Gasteiger partial charge in [-0.1, -0.05) is 35.9 Å². The lowest BCUT2D eigenvalue weighted by Crippen LogP contribution is -2.53. The van der Waals surface area contributed by atoms with Crippen LogP contribution in [0.1, 0.15) is 17.5 Å². The van der Waals surface area contributed by atoms with Crippen LogP contribution in [-0.2, 0) is 17.9 Å². The maximum Gasteiger partial charge on any atom is 0.259 e. The Labute approximate surface area is 196 Å². The van der Waals surface area contributed by atoms with Crippen molar-refractivity contribution in [3.05, 3.63) is 76.0 Å². The van der Waals surface area contributed by atoms with Gasteiger partial charge in [0.2, 0.25) is 5.96 Å². The van der Waals surface area contributed by atoms with E-state index in [-0.39, 0.29) is 5.91 Å². The molecular weight excluding hydrogens is 442 g/mol. The third-order valence-corrected chi connectivity index (χ3v) is 6.84. The average Bonchev–Trinajstić information content (AvgIpc) is 3.28. The molecule has 0 saturated heterocycles. The van der Waals surface area contributed by atoms with E-state index >= 15 is 0 Å². The minimum atomic E-state index is 0.0466. The first-order chi connectivity index (χ1) is 15.6. The lowest BCUT2D eigenvalue weighted by Gasteiger charge is -2.42. The van der Waals surface area contributed by atoms with Gasteiger partial charge in [0.15, 0.2) is 0 Å². The van der Waals surface area contributed by atoms with Gasteiger partial charge >= 0.3 is 0 Å². The van der Waals surface area contributed by atoms with Crippen molar-refractivity contribution in [3.63, 3.8) is 0 Å². The fraction of sp³-hybridized carbons (Fsp3) is 0.292. The van der Waals surface area contributed by atoms with E-state index in [0.717, 1.165) is 59.3 Å². The molecule has 3 aliphatic rings. The number of carbonyl (C=O) groups excluding carboxylic acids is 1. The molecule has 0 fully saturated rings. The summed E-state index contributed by atoms with van der Waals surface area (Å²) in [4.78, 5) is 25.5. The molecule has 0 N–H and O–H groups in total. The fourth-order valence-corrected chi connectivity index (χ4v) is 5.13. The molecule has 3 heterocycles. The number of hydrogen-bond acceptors (Lipinski definition) is 6. The highest BCUT2D eigenvalue weighted by molar-refractivity contribution is 8.03. The van der Waals surface area contributed by atoms with Crippen LogP contribution in [0.15, 0.2) is 69.7 Å². The van der Waals surface area contributed by atoms with Crippen molar-refractivity contribution >= 4 is 35.2 Å². The second kappa shape index (κ2) is 8.99. The number of nitrogens with zero attached hydrogens (tertiary/aromatic N) is 5. The molecule has 3 aliphatic heterocycles. The Morgan fingerprint density at radius 2 is 1.94 bits per heavy atom. The smallest absolute Gasteiger partial charge is 0.259 e. The van der Waals surface area contributed by atoms with Crippen molar-refractivity contribution in [3.8, 4) is 5.40 Å². The molecule has 0 radical (unpaired) electrons. The van der Waals surface area contributed by atoms with Crippen molar-refractivity contribution in [2.45, 2.75) is 24.4 Å². The number of halogens is 1. The highest BCUT2D eigenvalue weighted by Gasteiger charge is 2.40. The number of thioether (sulfide) groups is 1. The van der Waals surface area contributed by atoms with Crippen molar-refractivity contribution < 1.29 is 4.79 Å². The maximum absolute atomic E-state index is 13.6. The Bertz CT molecular complexity index is 1150. The van der Waals surface area contributed by atoms with Gasteiger partial charge in [-0.15, -0.1) is 0 Å². The highest BCUT2D eigenvalue weighted by Crippen LogP contribution is 2.32. The van der Waals surface area contributed by atoms with E-state index in [1.807, 2.05) is 41.3 Å². The van der Waals surface area contributed by atoms with Gasteiger partial charge < -0.3 is 4.90 Å². The first kappa shape index (κ1) is 21.1. The summed E-state index contributed by atoms with van der Waals surface area (Å²) < 4.78 is 0. The summed E-state index contributed by atoms with van der Waals surface area (Å²) in [5.74, 6) is 0.823. The molecule has 8 heteroatoms. The molecule has 1 amide bonds. The van der Waals surface area contributed by atoms with E-state index in [2.05, 4.69) is 32.3 Å². The Morgan fingerprint density at radius 3 is 2.75 bits per heavy atom. The molecule has 0 aliphatic carbocycles. The third-order valence-electron chi connectivity index (χ3n) is 6.01. The maximum atomic E-state index is 13.6.